The van der Waals surface area contributed by atoms with E-state index in [0.717, 1.165) is 43.4 Å². The van der Waals surface area contributed by atoms with Gasteiger partial charge in [0, 0.05) is 5.54 Å². The van der Waals surface area contributed by atoms with E-state index in [2.05, 4.69) is 5.32 Å². The van der Waals surface area contributed by atoms with Gasteiger partial charge < -0.3 is 14.8 Å². The van der Waals surface area contributed by atoms with Crippen molar-refractivity contribution >= 4 is 0 Å². The van der Waals surface area contributed by atoms with E-state index in [4.69, 9.17) is 4.42 Å². The Labute approximate surface area is 108 Å². The lowest BCUT2D eigenvalue weighted by atomic mass is 9.51. The van der Waals surface area contributed by atoms with Crippen molar-refractivity contribution in [3.8, 4) is 0 Å². The van der Waals surface area contributed by atoms with Crippen LogP contribution in [-0.2, 0) is 6.54 Å². The Morgan fingerprint density at radius 2 is 2.06 bits per heavy atom. The molecule has 1 aromatic heterocycles. The van der Waals surface area contributed by atoms with Crippen molar-refractivity contribution in [2.24, 2.45) is 11.8 Å². The number of aliphatic hydroxyl groups is 1. The smallest absolute Gasteiger partial charge is 0.117 e. The fraction of sp³-hybridized carbons (Fsp3) is 0.733. The number of nitrogens with one attached hydrogen (secondary N) is 1. The Morgan fingerprint density at radius 3 is 2.67 bits per heavy atom. The maximum Gasteiger partial charge on any atom is 0.117 e. The predicted octanol–water partition coefficient (Wildman–Crippen LogP) is 2.45. The van der Waals surface area contributed by atoms with Gasteiger partial charge in [0.25, 0.3) is 0 Å². The van der Waals surface area contributed by atoms with E-state index in [1.807, 2.05) is 12.1 Å². The second-order valence-corrected chi connectivity index (χ2v) is 6.90. The van der Waals surface area contributed by atoms with Gasteiger partial charge in [-0.3, -0.25) is 0 Å². The molecule has 0 amide bonds. The monoisotopic (exact) mass is 247 g/mol. The Hall–Kier alpha value is -0.800. The maximum absolute atomic E-state index is 10.7. The molecule has 4 saturated carbocycles. The molecule has 1 heterocycles. The highest BCUT2D eigenvalue weighted by molar-refractivity contribution is 5.13. The fourth-order valence-corrected chi connectivity index (χ4v) is 5.11. The molecular formula is C15H21NO2. The van der Waals surface area contributed by atoms with E-state index in [1.165, 1.54) is 19.3 Å². The molecule has 5 rings (SSSR count). The van der Waals surface area contributed by atoms with Gasteiger partial charge in [0.2, 0.25) is 0 Å². The molecule has 3 heteroatoms. The molecule has 4 aliphatic rings. The lowest BCUT2D eigenvalue weighted by molar-refractivity contribution is -0.143. The Morgan fingerprint density at radius 1 is 1.28 bits per heavy atom. The van der Waals surface area contributed by atoms with Crippen molar-refractivity contribution in [3.63, 3.8) is 0 Å². The fourth-order valence-electron chi connectivity index (χ4n) is 5.11. The van der Waals surface area contributed by atoms with Gasteiger partial charge in [0.1, 0.15) is 5.76 Å². The van der Waals surface area contributed by atoms with Crippen LogP contribution < -0.4 is 5.32 Å². The summed E-state index contributed by atoms with van der Waals surface area (Å²) in [6, 6.07) is 3.95. The zero-order valence-electron chi connectivity index (χ0n) is 10.7. The number of hydrogen-bond donors (Lipinski definition) is 2. The third kappa shape index (κ3) is 1.72. The summed E-state index contributed by atoms with van der Waals surface area (Å²) in [5, 5.41) is 14.4. The number of furan rings is 1. The van der Waals surface area contributed by atoms with Gasteiger partial charge in [-0.15, -0.1) is 0 Å². The van der Waals surface area contributed by atoms with Crippen molar-refractivity contribution in [3.05, 3.63) is 24.2 Å². The Balaban J connectivity index is 1.53. The molecule has 0 aliphatic heterocycles. The van der Waals surface area contributed by atoms with E-state index in [9.17, 15) is 5.11 Å². The normalized spacial score (nSPS) is 45.6. The van der Waals surface area contributed by atoms with Crippen molar-refractivity contribution < 1.29 is 9.52 Å². The highest BCUT2D eigenvalue weighted by Gasteiger charge is 2.56. The molecule has 98 valence electrons. The van der Waals surface area contributed by atoms with E-state index >= 15 is 0 Å². The summed E-state index contributed by atoms with van der Waals surface area (Å²) < 4.78 is 5.40. The first-order chi connectivity index (χ1) is 8.65. The molecule has 0 aromatic carbocycles. The van der Waals surface area contributed by atoms with Gasteiger partial charge >= 0.3 is 0 Å². The first-order valence-corrected chi connectivity index (χ1v) is 7.15. The number of hydrogen-bond acceptors (Lipinski definition) is 3. The van der Waals surface area contributed by atoms with Crippen LogP contribution in [0.1, 0.15) is 44.3 Å². The average molecular weight is 247 g/mol. The topological polar surface area (TPSA) is 45.4 Å². The van der Waals surface area contributed by atoms with Gasteiger partial charge in [0.05, 0.1) is 18.4 Å². The second kappa shape index (κ2) is 3.61. The van der Waals surface area contributed by atoms with Crippen molar-refractivity contribution in [1.29, 1.82) is 0 Å². The van der Waals surface area contributed by atoms with E-state index in [-0.39, 0.29) is 11.1 Å². The molecular weight excluding hydrogens is 226 g/mol. The zero-order chi connectivity index (χ0) is 12.2. The van der Waals surface area contributed by atoms with Crippen LogP contribution in [0.15, 0.2) is 22.8 Å². The molecule has 2 atom stereocenters. The van der Waals surface area contributed by atoms with Gasteiger partial charge in [-0.25, -0.2) is 0 Å². The summed E-state index contributed by atoms with van der Waals surface area (Å²) in [4.78, 5) is 0. The summed E-state index contributed by atoms with van der Waals surface area (Å²) in [6.45, 7) is 0.794. The third-order valence-corrected chi connectivity index (χ3v) is 5.25. The molecule has 18 heavy (non-hydrogen) atoms. The van der Waals surface area contributed by atoms with Crippen LogP contribution in [0.2, 0.25) is 0 Å². The standard InChI is InChI=1S/C15H21NO2/c17-15-7-11-4-12(8-15)6-14(5-11,10-15)16-9-13-2-1-3-18-13/h1-3,11-12,16-17H,4-10H2. The van der Waals surface area contributed by atoms with Crippen molar-refractivity contribution in [2.75, 3.05) is 0 Å². The summed E-state index contributed by atoms with van der Waals surface area (Å²) >= 11 is 0. The molecule has 4 aliphatic carbocycles. The van der Waals surface area contributed by atoms with Gasteiger partial charge in [0.15, 0.2) is 0 Å². The van der Waals surface area contributed by atoms with Crippen molar-refractivity contribution in [1.82, 2.24) is 5.32 Å². The van der Waals surface area contributed by atoms with Crippen molar-refractivity contribution in [2.45, 2.75) is 56.2 Å². The van der Waals surface area contributed by atoms with E-state index < -0.39 is 0 Å². The largest absolute Gasteiger partial charge is 0.468 e. The lowest BCUT2D eigenvalue weighted by Crippen LogP contribution is -2.64. The maximum atomic E-state index is 10.7. The summed E-state index contributed by atoms with van der Waals surface area (Å²) in [5.41, 5.74) is -0.203. The Bertz CT molecular complexity index is 425. The Kier molecular flexibility index (Phi) is 2.22. The molecule has 1 aromatic rings. The molecule has 3 nitrogen and oxygen atoms in total. The van der Waals surface area contributed by atoms with Gasteiger partial charge in [-0.05, 0) is 62.5 Å². The van der Waals surface area contributed by atoms with Crippen LogP contribution in [0.5, 0.6) is 0 Å². The molecule has 2 unspecified atom stereocenters. The number of rotatable bonds is 3. The minimum Gasteiger partial charge on any atom is -0.468 e. The van der Waals surface area contributed by atoms with E-state index in [1.54, 1.807) is 6.26 Å². The van der Waals surface area contributed by atoms with Crippen LogP contribution >= 0.6 is 0 Å². The van der Waals surface area contributed by atoms with Gasteiger partial charge in [-0.1, -0.05) is 0 Å². The minimum atomic E-state index is -0.375. The second-order valence-electron chi connectivity index (χ2n) is 6.90. The highest BCUT2D eigenvalue weighted by atomic mass is 16.3. The lowest BCUT2D eigenvalue weighted by Gasteiger charge is -2.60. The highest BCUT2D eigenvalue weighted by Crippen LogP contribution is 2.57. The molecule has 4 fully saturated rings. The molecule has 4 bridgehead atoms. The summed E-state index contributed by atoms with van der Waals surface area (Å²) in [6.07, 6.45) is 8.56. The summed E-state index contributed by atoms with van der Waals surface area (Å²) in [7, 11) is 0. The van der Waals surface area contributed by atoms with Crippen LogP contribution in [0.4, 0.5) is 0 Å². The van der Waals surface area contributed by atoms with Crippen LogP contribution in [0, 0.1) is 11.8 Å². The first-order valence-electron chi connectivity index (χ1n) is 7.15. The molecule has 0 radical (unpaired) electrons. The minimum absolute atomic E-state index is 0.172. The molecule has 0 saturated heterocycles. The third-order valence-electron chi connectivity index (χ3n) is 5.25. The molecule has 2 N–H and O–H groups in total. The van der Waals surface area contributed by atoms with Crippen LogP contribution in [0.3, 0.4) is 0 Å². The van der Waals surface area contributed by atoms with Crippen LogP contribution in [-0.4, -0.2) is 16.2 Å². The van der Waals surface area contributed by atoms with E-state index in [0.29, 0.717) is 0 Å². The van der Waals surface area contributed by atoms with Crippen LogP contribution in [0.25, 0.3) is 0 Å². The average Bonchev–Trinajstić information content (AvgIpc) is 2.75. The predicted molar refractivity (Wildman–Crippen MR) is 67.9 cm³/mol. The van der Waals surface area contributed by atoms with Gasteiger partial charge in [-0.2, -0.15) is 0 Å². The first kappa shape index (κ1) is 11.1. The summed E-state index contributed by atoms with van der Waals surface area (Å²) in [5.74, 6) is 2.47. The quantitative estimate of drug-likeness (QED) is 0.862. The molecule has 0 spiro atoms. The zero-order valence-corrected chi connectivity index (χ0v) is 10.7. The SMILES string of the molecule is OC12CC3CC(C1)CC(NCc1ccco1)(C3)C2.